The fourth-order valence-corrected chi connectivity index (χ4v) is 0.924. The molecule has 0 aliphatic heterocycles. The van der Waals surface area contributed by atoms with Crippen molar-refractivity contribution >= 4 is 6.09 Å². The molecular formula is C10H21NO5. The highest BCUT2D eigenvalue weighted by molar-refractivity contribution is 5.67. The molecule has 0 radical (unpaired) electrons. The number of ether oxygens (including phenoxy) is 1. The third-order valence-corrected chi connectivity index (χ3v) is 2.32. The van der Waals surface area contributed by atoms with E-state index in [-0.39, 0.29) is 6.61 Å². The Balaban J connectivity index is 3.87. The Kier molecular flexibility index (Phi) is 7.88. The summed E-state index contributed by atoms with van der Waals surface area (Å²) in [4.78, 5) is 11.1. The van der Waals surface area contributed by atoms with E-state index in [1.54, 1.807) is 0 Å². The molecule has 0 heterocycles. The maximum Gasteiger partial charge on any atom is 0.407 e. The van der Waals surface area contributed by atoms with Crippen LogP contribution in [0, 0.1) is 5.41 Å². The molecule has 1 amide bonds. The van der Waals surface area contributed by atoms with Crippen molar-refractivity contribution in [3.63, 3.8) is 0 Å². The number of hydrogen-bond acceptors (Lipinski definition) is 5. The minimum absolute atomic E-state index is 0.214. The Hall–Kier alpha value is -0.850. The largest absolute Gasteiger partial charge is 0.449 e. The third kappa shape index (κ3) is 5.29. The predicted molar refractivity (Wildman–Crippen MR) is 57.9 cm³/mol. The van der Waals surface area contributed by atoms with Crippen molar-refractivity contribution in [2.75, 3.05) is 33.0 Å². The summed E-state index contributed by atoms with van der Waals surface area (Å²) in [5, 5.41) is 29.4. The van der Waals surface area contributed by atoms with E-state index in [9.17, 15) is 4.79 Å². The van der Waals surface area contributed by atoms with Crippen molar-refractivity contribution in [3.8, 4) is 0 Å². The van der Waals surface area contributed by atoms with Crippen molar-refractivity contribution in [2.45, 2.75) is 19.8 Å². The molecular weight excluding hydrogens is 214 g/mol. The Morgan fingerprint density at radius 2 is 1.81 bits per heavy atom. The number of nitrogens with one attached hydrogen (secondary N) is 1. The lowest BCUT2D eigenvalue weighted by atomic mass is 9.93. The minimum atomic E-state index is -1.16. The van der Waals surface area contributed by atoms with Gasteiger partial charge in [-0.3, -0.25) is 0 Å². The molecule has 0 saturated carbocycles. The van der Waals surface area contributed by atoms with E-state index in [1.165, 1.54) is 0 Å². The molecule has 0 aromatic rings. The Bertz CT molecular complexity index is 185. The Morgan fingerprint density at radius 3 is 2.25 bits per heavy atom. The monoisotopic (exact) mass is 235 g/mol. The number of hydrogen-bond donors (Lipinski definition) is 4. The van der Waals surface area contributed by atoms with Crippen molar-refractivity contribution in [2.24, 2.45) is 5.41 Å². The van der Waals surface area contributed by atoms with Crippen LogP contribution < -0.4 is 5.32 Å². The van der Waals surface area contributed by atoms with E-state index in [1.807, 2.05) is 6.92 Å². The summed E-state index contributed by atoms with van der Waals surface area (Å²) in [5.41, 5.74) is -1.16. The van der Waals surface area contributed by atoms with Gasteiger partial charge in [0.2, 0.25) is 0 Å². The molecule has 0 bridgehead atoms. The third-order valence-electron chi connectivity index (χ3n) is 2.32. The van der Waals surface area contributed by atoms with Gasteiger partial charge in [-0.15, -0.1) is 0 Å². The number of aliphatic hydroxyl groups excluding tert-OH is 3. The van der Waals surface area contributed by atoms with E-state index < -0.39 is 31.3 Å². The quantitative estimate of drug-likeness (QED) is 0.424. The predicted octanol–water partition coefficient (Wildman–Crippen LogP) is -0.524. The Morgan fingerprint density at radius 1 is 1.25 bits per heavy atom. The minimum Gasteiger partial charge on any atom is -0.449 e. The molecule has 0 fully saturated rings. The topological polar surface area (TPSA) is 99.0 Å². The summed E-state index contributed by atoms with van der Waals surface area (Å²) in [6, 6.07) is 0. The van der Waals surface area contributed by atoms with Crippen LogP contribution in [0.1, 0.15) is 19.8 Å². The van der Waals surface area contributed by atoms with Crippen LogP contribution >= 0.6 is 0 Å². The summed E-state index contributed by atoms with van der Waals surface area (Å²) >= 11 is 0. The van der Waals surface area contributed by atoms with Crippen LogP contribution in [-0.4, -0.2) is 54.4 Å². The summed E-state index contributed by atoms with van der Waals surface area (Å²) in [5.74, 6) is 0. The summed E-state index contributed by atoms with van der Waals surface area (Å²) in [7, 11) is 0. The number of carbonyl (C=O) groups is 1. The molecule has 0 aliphatic rings. The summed E-state index contributed by atoms with van der Waals surface area (Å²) < 4.78 is 4.80. The number of carbonyl (C=O) groups excluding carboxylic acids is 1. The van der Waals surface area contributed by atoms with Gasteiger partial charge >= 0.3 is 6.09 Å². The van der Waals surface area contributed by atoms with Gasteiger partial charge in [0.15, 0.2) is 0 Å². The van der Waals surface area contributed by atoms with Gasteiger partial charge in [-0.1, -0.05) is 13.3 Å². The Labute approximate surface area is 95.2 Å². The average molecular weight is 235 g/mol. The first-order chi connectivity index (χ1) is 7.64. The fraction of sp³-hybridized carbons (Fsp3) is 0.900. The standard InChI is InChI=1S/C10H21NO5/c1-2-3-4-11-9(15)16-8-10(5-12,6-13)7-14/h12-14H,2-8H2,1H3,(H,11,15). The summed E-state index contributed by atoms with van der Waals surface area (Å²) in [6.07, 6.45) is 1.22. The van der Waals surface area contributed by atoms with E-state index in [0.29, 0.717) is 6.54 Å². The van der Waals surface area contributed by atoms with E-state index >= 15 is 0 Å². The van der Waals surface area contributed by atoms with Crippen LogP contribution in [-0.2, 0) is 4.74 Å². The molecule has 0 saturated heterocycles. The number of alkyl carbamates (subject to hydrolysis) is 1. The molecule has 0 unspecified atom stereocenters. The lowest BCUT2D eigenvalue weighted by Gasteiger charge is -2.26. The van der Waals surface area contributed by atoms with Crippen molar-refractivity contribution in [1.29, 1.82) is 0 Å². The van der Waals surface area contributed by atoms with Crippen LogP contribution in [0.15, 0.2) is 0 Å². The first-order valence-electron chi connectivity index (χ1n) is 5.37. The second-order valence-electron chi connectivity index (χ2n) is 3.83. The maximum atomic E-state index is 11.1. The smallest absolute Gasteiger partial charge is 0.407 e. The molecule has 0 aromatic carbocycles. The highest BCUT2D eigenvalue weighted by atomic mass is 16.6. The molecule has 0 rings (SSSR count). The van der Waals surface area contributed by atoms with Gasteiger partial charge < -0.3 is 25.4 Å². The average Bonchev–Trinajstić information content (AvgIpc) is 2.32. The molecule has 4 N–H and O–H groups in total. The zero-order chi connectivity index (χ0) is 12.4. The van der Waals surface area contributed by atoms with E-state index in [2.05, 4.69) is 5.32 Å². The first kappa shape index (κ1) is 15.2. The molecule has 0 atom stereocenters. The molecule has 96 valence electrons. The van der Waals surface area contributed by atoms with E-state index in [0.717, 1.165) is 12.8 Å². The van der Waals surface area contributed by atoms with Gasteiger partial charge in [-0.25, -0.2) is 4.79 Å². The SMILES string of the molecule is CCCCNC(=O)OCC(CO)(CO)CO. The van der Waals surface area contributed by atoms with Gasteiger partial charge in [-0.05, 0) is 6.42 Å². The van der Waals surface area contributed by atoms with E-state index in [4.69, 9.17) is 20.1 Å². The molecule has 16 heavy (non-hydrogen) atoms. The number of amides is 1. The zero-order valence-electron chi connectivity index (χ0n) is 9.61. The van der Waals surface area contributed by atoms with Crippen LogP contribution in [0.2, 0.25) is 0 Å². The van der Waals surface area contributed by atoms with Crippen LogP contribution in [0.4, 0.5) is 4.79 Å². The van der Waals surface area contributed by atoms with Crippen LogP contribution in [0.3, 0.4) is 0 Å². The van der Waals surface area contributed by atoms with Gasteiger partial charge in [0.1, 0.15) is 6.61 Å². The molecule has 0 aliphatic carbocycles. The fourth-order valence-electron chi connectivity index (χ4n) is 0.924. The molecule has 0 aromatic heterocycles. The second-order valence-corrected chi connectivity index (χ2v) is 3.83. The normalized spacial score (nSPS) is 11.2. The molecule has 6 nitrogen and oxygen atoms in total. The number of rotatable bonds is 8. The lowest BCUT2D eigenvalue weighted by molar-refractivity contribution is -0.0375. The van der Waals surface area contributed by atoms with Crippen molar-refractivity contribution in [1.82, 2.24) is 5.32 Å². The van der Waals surface area contributed by atoms with Gasteiger partial charge in [0.25, 0.3) is 0 Å². The maximum absolute atomic E-state index is 11.1. The zero-order valence-corrected chi connectivity index (χ0v) is 9.61. The highest BCUT2D eigenvalue weighted by Gasteiger charge is 2.30. The van der Waals surface area contributed by atoms with Crippen LogP contribution in [0.25, 0.3) is 0 Å². The number of unbranched alkanes of at least 4 members (excludes halogenated alkanes) is 1. The van der Waals surface area contributed by atoms with Gasteiger partial charge in [0, 0.05) is 6.54 Å². The first-order valence-corrected chi connectivity index (χ1v) is 5.37. The van der Waals surface area contributed by atoms with Crippen molar-refractivity contribution < 1.29 is 24.9 Å². The van der Waals surface area contributed by atoms with Gasteiger partial charge in [-0.2, -0.15) is 0 Å². The van der Waals surface area contributed by atoms with Gasteiger partial charge in [0.05, 0.1) is 25.2 Å². The number of aliphatic hydroxyl groups is 3. The lowest BCUT2D eigenvalue weighted by Crippen LogP contribution is -2.41. The van der Waals surface area contributed by atoms with Crippen LogP contribution in [0.5, 0.6) is 0 Å². The highest BCUT2D eigenvalue weighted by Crippen LogP contribution is 2.14. The second kappa shape index (κ2) is 8.32. The molecule has 6 heteroatoms. The molecule has 0 spiro atoms. The van der Waals surface area contributed by atoms with Crippen molar-refractivity contribution in [3.05, 3.63) is 0 Å². The summed E-state index contributed by atoms with van der Waals surface area (Å²) in [6.45, 7) is 0.988.